The topological polar surface area (TPSA) is 75.6 Å². The van der Waals surface area contributed by atoms with Gasteiger partial charge in [-0.15, -0.1) is 11.3 Å². The van der Waals surface area contributed by atoms with E-state index in [1.165, 1.54) is 7.11 Å². The number of sulfonamides is 1. The first kappa shape index (κ1) is 19.9. The van der Waals surface area contributed by atoms with Crippen molar-refractivity contribution in [2.75, 3.05) is 20.3 Å². The number of hydrogen-bond acceptors (Lipinski definition) is 5. The van der Waals surface area contributed by atoms with Crippen molar-refractivity contribution in [1.82, 2.24) is 4.72 Å². The van der Waals surface area contributed by atoms with Gasteiger partial charge in [-0.05, 0) is 67.3 Å². The number of thiophene rings is 1. The van der Waals surface area contributed by atoms with Crippen molar-refractivity contribution < 1.29 is 18.3 Å². The molecule has 0 aliphatic heterocycles. The van der Waals surface area contributed by atoms with E-state index in [4.69, 9.17) is 4.74 Å². The molecule has 2 N–H and O–H groups in total. The van der Waals surface area contributed by atoms with Gasteiger partial charge >= 0.3 is 0 Å². The minimum atomic E-state index is -3.66. The standard InChI is InChI=1S/C18H25NO4S2/c1-13-11-16(23-3)18(12-14(13)2)25(21,22)19-8-6-15(7-9-20)17-5-4-10-24-17/h4-5,10-12,15,19-20H,6-9H2,1-3H3. The molecule has 0 radical (unpaired) electrons. The Kier molecular flexibility index (Phi) is 7.01. The van der Waals surface area contributed by atoms with Crippen LogP contribution in [0.5, 0.6) is 5.75 Å². The Morgan fingerprint density at radius 1 is 1.24 bits per heavy atom. The first-order valence-electron chi connectivity index (χ1n) is 8.18. The van der Waals surface area contributed by atoms with Crippen LogP contribution in [0, 0.1) is 13.8 Å². The predicted molar refractivity (Wildman–Crippen MR) is 101 cm³/mol. The number of nitrogens with one attached hydrogen (secondary N) is 1. The number of rotatable bonds is 9. The Morgan fingerprint density at radius 3 is 2.56 bits per heavy atom. The molecule has 0 saturated heterocycles. The van der Waals surface area contributed by atoms with Crippen LogP contribution in [-0.2, 0) is 10.0 Å². The van der Waals surface area contributed by atoms with Crippen LogP contribution < -0.4 is 9.46 Å². The molecule has 0 amide bonds. The number of hydrogen-bond donors (Lipinski definition) is 2. The van der Waals surface area contributed by atoms with Crippen LogP contribution in [0.25, 0.3) is 0 Å². The van der Waals surface area contributed by atoms with Crippen molar-refractivity contribution in [3.05, 3.63) is 45.6 Å². The van der Waals surface area contributed by atoms with Gasteiger partial charge in [0.15, 0.2) is 0 Å². The first-order valence-corrected chi connectivity index (χ1v) is 10.5. The van der Waals surface area contributed by atoms with Gasteiger partial charge in [0.2, 0.25) is 10.0 Å². The van der Waals surface area contributed by atoms with E-state index in [-0.39, 0.29) is 17.4 Å². The molecule has 1 heterocycles. The molecule has 0 bridgehead atoms. The van der Waals surface area contributed by atoms with Gasteiger partial charge in [0.1, 0.15) is 10.6 Å². The van der Waals surface area contributed by atoms with Crippen LogP contribution in [-0.4, -0.2) is 33.8 Å². The molecular formula is C18H25NO4S2. The maximum Gasteiger partial charge on any atom is 0.244 e. The third kappa shape index (κ3) is 5.04. The van der Waals surface area contributed by atoms with Gasteiger partial charge in [0, 0.05) is 18.0 Å². The van der Waals surface area contributed by atoms with E-state index in [0.29, 0.717) is 25.1 Å². The molecule has 7 heteroatoms. The summed E-state index contributed by atoms with van der Waals surface area (Å²) < 4.78 is 33.2. The smallest absolute Gasteiger partial charge is 0.244 e. The van der Waals surface area contributed by atoms with Crippen LogP contribution in [0.1, 0.15) is 34.8 Å². The molecule has 138 valence electrons. The summed E-state index contributed by atoms with van der Waals surface area (Å²) in [6.07, 6.45) is 1.25. The molecule has 0 aliphatic carbocycles. The third-order valence-corrected chi connectivity index (χ3v) is 6.79. The lowest BCUT2D eigenvalue weighted by molar-refractivity contribution is 0.273. The molecule has 1 atom stereocenters. The van der Waals surface area contributed by atoms with Crippen molar-refractivity contribution in [1.29, 1.82) is 0 Å². The summed E-state index contributed by atoms with van der Waals surface area (Å²) in [5.41, 5.74) is 1.88. The van der Waals surface area contributed by atoms with E-state index in [1.54, 1.807) is 23.5 Å². The highest BCUT2D eigenvalue weighted by molar-refractivity contribution is 7.89. The van der Waals surface area contributed by atoms with Gasteiger partial charge in [-0.3, -0.25) is 0 Å². The van der Waals surface area contributed by atoms with Crippen LogP contribution in [0.2, 0.25) is 0 Å². The number of aryl methyl sites for hydroxylation is 2. The summed E-state index contributed by atoms with van der Waals surface area (Å²) in [6, 6.07) is 7.37. The Labute approximate surface area is 153 Å². The minimum absolute atomic E-state index is 0.0836. The lowest BCUT2D eigenvalue weighted by atomic mass is 10.0. The molecule has 25 heavy (non-hydrogen) atoms. The first-order chi connectivity index (χ1) is 11.9. The normalized spacial score (nSPS) is 13.0. The number of benzene rings is 1. The number of ether oxygens (including phenoxy) is 1. The Morgan fingerprint density at radius 2 is 1.96 bits per heavy atom. The van der Waals surface area contributed by atoms with Gasteiger partial charge in [-0.25, -0.2) is 13.1 Å². The van der Waals surface area contributed by atoms with Gasteiger partial charge in [0.25, 0.3) is 0 Å². The molecule has 1 aromatic heterocycles. The third-order valence-electron chi connectivity index (χ3n) is 4.28. The van der Waals surface area contributed by atoms with Crippen LogP contribution >= 0.6 is 11.3 Å². The molecule has 1 aromatic carbocycles. The molecule has 0 aliphatic rings. The van der Waals surface area contributed by atoms with E-state index in [2.05, 4.69) is 4.72 Å². The zero-order valence-electron chi connectivity index (χ0n) is 14.8. The zero-order chi connectivity index (χ0) is 18.4. The number of aliphatic hydroxyl groups excluding tert-OH is 1. The lowest BCUT2D eigenvalue weighted by Gasteiger charge is -2.16. The molecule has 2 aromatic rings. The van der Waals surface area contributed by atoms with Crippen LogP contribution in [0.15, 0.2) is 34.5 Å². The van der Waals surface area contributed by atoms with E-state index >= 15 is 0 Å². The Hall–Kier alpha value is -1.41. The Bertz CT molecular complexity index is 786. The quantitative estimate of drug-likeness (QED) is 0.697. The van der Waals surface area contributed by atoms with Gasteiger partial charge in [-0.1, -0.05) is 6.07 Å². The SMILES string of the molecule is COc1cc(C)c(C)cc1S(=O)(=O)NCCC(CCO)c1cccs1. The molecule has 0 spiro atoms. The molecular weight excluding hydrogens is 358 g/mol. The summed E-state index contributed by atoms with van der Waals surface area (Å²) >= 11 is 1.63. The highest BCUT2D eigenvalue weighted by Crippen LogP contribution is 2.29. The van der Waals surface area contributed by atoms with E-state index < -0.39 is 10.0 Å². The monoisotopic (exact) mass is 383 g/mol. The lowest BCUT2D eigenvalue weighted by Crippen LogP contribution is -2.26. The van der Waals surface area contributed by atoms with Crippen molar-refractivity contribution >= 4 is 21.4 Å². The average Bonchev–Trinajstić information content (AvgIpc) is 3.10. The second-order valence-corrected chi connectivity index (χ2v) is 8.71. The summed E-state index contributed by atoms with van der Waals surface area (Å²) in [5.74, 6) is 0.495. The second-order valence-electron chi connectivity index (χ2n) is 6.00. The van der Waals surface area contributed by atoms with Gasteiger partial charge in [-0.2, -0.15) is 0 Å². The van der Waals surface area contributed by atoms with Crippen molar-refractivity contribution in [2.24, 2.45) is 0 Å². The maximum absolute atomic E-state index is 12.7. The highest BCUT2D eigenvalue weighted by Gasteiger charge is 2.21. The van der Waals surface area contributed by atoms with Gasteiger partial charge in [0.05, 0.1) is 7.11 Å². The summed E-state index contributed by atoms with van der Waals surface area (Å²) in [7, 11) is -2.19. The average molecular weight is 384 g/mol. The minimum Gasteiger partial charge on any atom is -0.495 e. The van der Waals surface area contributed by atoms with E-state index in [1.807, 2.05) is 31.4 Å². The van der Waals surface area contributed by atoms with Gasteiger partial charge < -0.3 is 9.84 Å². The predicted octanol–water partition coefficient (Wildman–Crippen LogP) is 3.21. The fraction of sp³-hybridized carbons (Fsp3) is 0.444. The molecule has 5 nitrogen and oxygen atoms in total. The molecule has 2 rings (SSSR count). The van der Waals surface area contributed by atoms with E-state index in [9.17, 15) is 13.5 Å². The molecule has 1 unspecified atom stereocenters. The van der Waals surface area contributed by atoms with Crippen LogP contribution in [0.3, 0.4) is 0 Å². The summed E-state index contributed by atoms with van der Waals surface area (Å²) in [6.45, 7) is 4.19. The highest BCUT2D eigenvalue weighted by atomic mass is 32.2. The number of aliphatic hydroxyl groups is 1. The fourth-order valence-electron chi connectivity index (χ4n) is 2.69. The van der Waals surface area contributed by atoms with Crippen molar-refractivity contribution in [2.45, 2.75) is 37.5 Å². The molecule has 0 saturated carbocycles. The van der Waals surface area contributed by atoms with E-state index in [0.717, 1.165) is 16.0 Å². The maximum atomic E-state index is 12.7. The largest absolute Gasteiger partial charge is 0.495 e. The zero-order valence-corrected chi connectivity index (χ0v) is 16.4. The molecule has 0 fully saturated rings. The van der Waals surface area contributed by atoms with Crippen molar-refractivity contribution in [3.63, 3.8) is 0 Å². The van der Waals surface area contributed by atoms with Crippen molar-refractivity contribution in [3.8, 4) is 5.75 Å². The second kappa shape index (κ2) is 8.80. The fourth-order valence-corrected chi connectivity index (χ4v) is 4.87. The Balaban J connectivity index is 2.10. The summed E-state index contributed by atoms with van der Waals surface area (Å²) in [5, 5.41) is 11.2. The van der Waals surface area contributed by atoms with Crippen LogP contribution in [0.4, 0.5) is 0 Å². The number of methoxy groups -OCH3 is 1. The summed E-state index contributed by atoms with van der Waals surface area (Å²) in [4.78, 5) is 1.32.